The van der Waals surface area contributed by atoms with Gasteiger partial charge in [-0.2, -0.15) is 0 Å². The zero-order chi connectivity index (χ0) is 35.1. The number of amides is 3. The average Bonchev–Trinajstić information content (AvgIpc) is 3.79. The highest BCUT2D eigenvalue weighted by Crippen LogP contribution is 2.34. The lowest BCUT2D eigenvalue weighted by atomic mass is 10.0. The van der Waals surface area contributed by atoms with Crippen LogP contribution in [-0.2, 0) is 14.8 Å². The number of likely N-dealkylation sites (N-methyl/N-ethyl adjacent to an activating group) is 1. The number of benzene rings is 2. The quantitative estimate of drug-likeness (QED) is 0.284. The number of carbonyl (C=O) groups is 2. The Kier molecular flexibility index (Phi) is 11.9. The fraction of sp³-hybridized carbons (Fsp3) is 0.471. The Morgan fingerprint density at radius 2 is 1.84 bits per heavy atom. The highest BCUT2D eigenvalue weighted by molar-refractivity contribution is 7.94. The van der Waals surface area contributed by atoms with Gasteiger partial charge in [0.15, 0.2) is 11.5 Å². The van der Waals surface area contributed by atoms with E-state index >= 15 is 0 Å². The summed E-state index contributed by atoms with van der Waals surface area (Å²) in [5.41, 5.74) is 0.931. The van der Waals surface area contributed by atoms with Gasteiger partial charge >= 0.3 is 6.03 Å². The molecule has 4 atom stereocenters. The van der Waals surface area contributed by atoms with Crippen LogP contribution in [0, 0.1) is 5.92 Å². The van der Waals surface area contributed by atoms with Gasteiger partial charge < -0.3 is 39.2 Å². The minimum Gasteiger partial charge on any atom is -0.490 e. The van der Waals surface area contributed by atoms with Crippen molar-refractivity contribution in [1.29, 1.82) is 0 Å². The van der Waals surface area contributed by atoms with Crippen molar-refractivity contribution in [2.45, 2.75) is 62.5 Å². The number of anilines is 2. The molecule has 2 aromatic carbocycles. The van der Waals surface area contributed by atoms with Gasteiger partial charge in [-0.15, -0.1) is 11.3 Å². The highest BCUT2D eigenvalue weighted by Gasteiger charge is 2.31. The van der Waals surface area contributed by atoms with Crippen molar-refractivity contribution in [3.05, 3.63) is 59.5 Å². The topological polar surface area (TPSA) is 156 Å². The lowest BCUT2D eigenvalue weighted by Gasteiger charge is -2.35. The van der Waals surface area contributed by atoms with Crippen molar-refractivity contribution in [3.63, 3.8) is 0 Å². The molecular formula is C34H44N4O9S2. The number of nitrogens with one attached hydrogen (secondary N) is 2. The van der Waals surface area contributed by atoms with Gasteiger partial charge in [0.1, 0.15) is 9.96 Å². The van der Waals surface area contributed by atoms with Crippen LogP contribution in [0.3, 0.4) is 0 Å². The third-order valence-corrected chi connectivity index (χ3v) is 11.3. The van der Waals surface area contributed by atoms with Gasteiger partial charge in [0.25, 0.3) is 15.9 Å². The monoisotopic (exact) mass is 716 g/mol. The zero-order valence-electron chi connectivity index (χ0n) is 28.1. The van der Waals surface area contributed by atoms with E-state index in [1.54, 1.807) is 60.6 Å². The molecule has 3 N–H and O–H groups in total. The van der Waals surface area contributed by atoms with Crippen LogP contribution in [0.1, 0.15) is 50.4 Å². The van der Waals surface area contributed by atoms with Crippen LogP contribution in [-0.4, -0.2) is 93.7 Å². The molecule has 266 valence electrons. The molecular weight excluding hydrogens is 673 g/mol. The number of hydrogen-bond donors (Lipinski definition) is 3. The standard InChI is InChI=1S/C34H44N4O9S2/c1-22-18-38(23(2)20-39)33(40)27-16-26(36-49(42,43)32-9-7-15-48-32)11-12-28(27)47-24(3)8-5-6-14-44-31(22)19-37(4)34(41)35-25-10-13-29-30(17-25)46-21-45-29/h7,9-13,15-17,22-24,31,36,39H,5-6,8,14,18-21H2,1-4H3,(H,35,41)/t22-,23-,24-,31+/m1/s1. The number of urea groups is 1. The number of carbonyl (C=O) groups excluding carboxylic acids is 2. The summed E-state index contributed by atoms with van der Waals surface area (Å²) in [5.74, 6) is 0.788. The van der Waals surface area contributed by atoms with Crippen molar-refractivity contribution in [2.24, 2.45) is 5.92 Å². The van der Waals surface area contributed by atoms with Gasteiger partial charge in [0.2, 0.25) is 6.79 Å². The van der Waals surface area contributed by atoms with E-state index in [2.05, 4.69) is 10.0 Å². The summed E-state index contributed by atoms with van der Waals surface area (Å²) in [6.07, 6.45) is 1.56. The second-order valence-corrected chi connectivity index (χ2v) is 15.3. The molecule has 0 spiro atoms. The molecule has 3 aromatic rings. The van der Waals surface area contributed by atoms with Crippen molar-refractivity contribution >= 4 is 44.7 Å². The van der Waals surface area contributed by atoms with Gasteiger partial charge in [-0.05, 0) is 74.9 Å². The molecule has 2 aliphatic rings. The predicted molar refractivity (Wildman–Crippen MR) is 186 cm³/mol. The summed E-state index contributed by atoms with van der Waals surface area (Å²) < 4.78 is 52.1. The molecule has 5 rings (SSSR count). The smallest absolute Gasteiger partial charge is 0.321 e. The maximum atomic E-state index is 14.4. The number of nitrogens with zero attached hydrogens (tertiary/aromatic N) is 2. The molecule has 0 saturated heterocycles. The molecule has 0 saturated carbocycles. The van der Waals surface area contributed by atoms with Gasteiger partial charge in [0.05, 0.1) is 30.4 Å². The van der Waals surface area contributed by atoms with E-state index in [1.165, 1.54) is 17.0 Å². The molecule has 0 bridgehead atoms. The molecule has 49 heavy (non-hydrogen) atoms. The predicted octanol–water partition coefficient (Wildman–Crippen LogP) is 5.24. The van der Waals surface area contributed by atoms with Crippen molar-refractivity contribution in [3.8, 4) is 17.2 Å². The Bertz CT molecular complexity index is 1700. The molecule has 3 amide bonds. The summed E-state index contributed by atoms with van der Waals surface area (Å²) in [7, 11) is -2.19. The molecule has 13 nitrogen and oxygen atoms in total. The third-order valence-electron chi connectivity index (χ3n) is 8.49. The van der Waals surface area contributed by atoms with E-state index in [0.29, 0.717) is 36.0 Å². The first-order valence-corrected chi connectivity index (χ1v) is 18.6. The van der Waals surface area contributed by atoms with Crippen LogP contribution in [0.2, 0.25) is 0 Å². The second-order valence-electron chi connectivity index (χ2n) is 12.4. The van der Waals surface area contributed by atoms with Gasteiger partial charge in [0, 0.05) is 50.1 Å². The van der Waals surface area contributed by atoms with Crippen LogP contribution < -0.4 is 24.2 Å². The van der Waals surface area contributed by atoms with Gasteiger partial charge in [-0.25, -0.2) is 13.2 Å². The Morgan fingerprint density at radius 1 is 1.08 bits per heavy atom. The van der Waals surface area contributed by atoms with Crippen LogP contribution >= 0.6 is 11.3 Å². The van der Waals surface area contributed by atoms with Crippen LogP contribution in [0.15, 0.2) is 58.1 Å². The summed E-state index contributed by atoms with van der Waals surface area (Å²) in [6, 6.07) is 12.1. The molecule has 0 aliphatic carbocycles. The molecule has 1 aromatic heterocycles. The number of sulfonamides is 1. The van der Waals surface area contributed by atoms with Crippen molar-refractivity contribution in [1.82, 2.24) is 9.80 Å². The van der Waals surface area contributed by atoms with Crippen molar-refractivity contribution < 1.29 is 42.1 Å². The Balaban J connectivity index is 1.38. The fourth-order valence-electron chi connectivity index (χ4n) is 5.62. The lowest BCUT2D eigenvalue weighted by molar-refractivity contribution is -0.0115. The summed E-state index contributed by atoms with van der Waals surface area (Å²) >= 11 is 1.09. The molecule has 3 heterocycles. The maximum absolute atomic E-state index is 14.4. The molecule has 0 unspecified atom stereocenters. The van der Waals surface area contributed by atoms with Crippen molar-refractivity contribution in [2.75, 3.05) is 50.2 Å². The Morgan fingerprint density at radius 3 is 2.59 bits per heavy atom. The summed E-state index contributed by atoms with van der Waals surface area (Å²) in [6.45, 7) is 6.29. The fourth-order valence-corrected chi connectivity index (χ4v) is 7.66. The maximum Gasteiger partial charge on any atom is 0.321 e. The van der Waals surface area contributed by atoms with Gasteiger partial charge in [-0.3, -0.25) is 9.52 Å². The molecule has 0 fully saturated rings. The minimum absolute atomic E-state index is 0.130. The number of aliphatic hydroxyl groups excluding tert-OH is 1. The Hall–Kier alpha value is -4.05. The first kappa shape index (κ1) is 36.2. The highest BCUT2D eigenvalue weighted by atomic mass is 32.2. The first-order chi connectivity index (χ1) is 23.4. The van der Waals surface area contributed by atoms with Gasteiger partial charge in [-0.1, -0.05) is 13.0 Å². The first-order valence-electron chi connectivity index (χ1n) is 16.3. The summed E-state index contributed by atoms with van der Waals surface area (Å²) in [5, 5.41) is 14.8. The molecule has 15 heteroatoms. The molecule has 2 aliphatic heterocycles. The zero-order valence-corrected chi connectivity index (χ0v) is 29.7. The number of fused-ring (bicyclic) bond motifs is 2. The van der Waals surface area contributed by atoms with Crippen LogP contribution in [0.25, 0.3) is 0 Å². The van der Waals surface area contributed by atoms with E-state index in [1.807, 2.05) is 13.8 Å². The van der Waals surface area contributed by atoms with E-state index < -0.39 is 28.1 Å². The van der Waals surface area contributed by atoms with Crippen LogP contribution in [0.4, 0.5) is 16.2 Å². The SMILES string of the molecule is C[C@@H]1CCCCO[C@@H](CN(C)C(=O)Nc2ccc3c(c2)OCO3)[C@H](C)CN([C@H](C)CO)C(=O)c2cc(NS(=O)(=O)c3cccs3)ccc2O1. The largest absolute Gasteiger partial charge is 0.490 e. The van der Waals surface area contributed by atoms with E-state index in [4.69, 9.17) is 18.9 Å². The minimum atomic E-state index is -3.87. The second kappa shape index (κ2) is 16.1. The number of hydrogen-bond acceptors (Lipinski definition) is 10. The lowest BCUT2D eigenvalue weighted by Crippen LogP contribution is -2.48. The average molecular weight is 717 g/mol. The third kappa shape index (κ3) is 9.15. The molecule has 0 radical (unpaired) electrons. The summed E-state index contributed by atoms with van der Waals surface area (Å²) in [4.78, 5) is 30.7. The normalized spacial score (nSPS) is 20.8. The van der Waals surface area contributed by atoms with E-state index in [9.17, 15) is 23.1 Å². The number of rotatable bonds is 8. The van der Waals surface area contributed by atoms with E-state index in [-0.39, 0.29) is 60.0 Å². The van der Waals surface area contributed by atoms with E-state index in [0.717, 1.165) is 24.2 Å². The number of thiophene rings is 1. The number of ether oxygens (including phenoxy) is 4. The number of aliphatic hydroxyl groups is 1. The Labute approximate surface area is 291 Å². The van der Waals surface area contributed by atoms with Crippen LogP contribution in [0.5, 0.6) is 17.2 Å².